The third kappa shape index (κ3) is 8.35. The third-order valence-electron chi connectivity index (χ3n) is 6.08. The Morgan fingerprint density at radius 1 is 0.857 bits per heavy atom. The Labute approximate surface area is 277 Å². The summed E-state index contributed by atoms with van der Waals surface area (Å²) in [6, 6.07) is 37.6. The Hall–Kier alpha value is -3.83. The van der Waals surface area contributed by atoms with Crippen LogP contribution in [0.15, 0.2) is 91.7 Å². The normalized spacial score (nSPS) is 11.5. The largest absolute Gasteiger partial charge is 4.00 e. The topological polar surface area (TPSA) is 33.5 Å². The number of nitrogens with zero attached hydrogens (tertiary/aromatic N) is 4. The molecule has 6 rings (SSSR count). The van der Waals surface area contributed by atoms with Gasteiger partial charge in [-0.15, -0.1) is 30.0 Å². The average Bonchev–Trinajstić information content (AvgIpc) is 3.58. The first-order valence-corrected chi connectivity index (χ1v) is 12.6. The van der Waals surface area contributed by atoms with E-state index in [1.54, 1.807) is 16.8 Å². The van der Waals surface area contributed by atoms with Crippen molar-refractivity contribution >= 4 is 5.69 Å². The number of benzene rings is 3. The van der Waals surface area contributed by atoms with Crippen LogP contribution in [0.5, 0.6) is 11.5 Å². The van der Waals surface area contributed by atoms with Crippen LogP contribution in [0.1, 0.15) is 11.1 Å². The molecule has 42 heavy (non-hydrogen) atoms. The van der Waals surface area contributed by atoms with Gasteiger partial charge in [-0.25, -0.2) is 23.2 Å². The summed E-state index contributed by atoms with van der Waals surface area (Å²) in [6.07, 6.45) is 16.2. The summed E-state index contributed by atoms with van der Waals surface area (Å²) in [5.74, 6) is 1.17. The minimum absolute atomic E-state index is 0. The maximum Gasteiger partial charge on any atom is 4.00 e. The van der Waals surface area contributed by atoms with Crippen LogP contribution in [0.2, 0.25) is 0 Å². The second kappa shape index (κ2) is 15.4. The Kier molecular flexibility index (Phi) is 12.0. The van der Waals surface area contributed by atoms with E-state index in [4.69, 9.17) is 11.2 Å². The number of rotatable bonds is 5. The van der Waals surface area contributed by atoms with E-state index < -0.39 is 0 Å². The molecule has 0 atom stereocenters. The van der Waals surface area contributed by atoms with E-state index in [2.05, 4.69) is 41.4 Å². The summed E-state index contributed by atoms with van der Waals surface area (Å²) in [4.78, 5) is 8.39. The van der Waals surface area contributed by atoms with Crippen molar-refractivity contribution < 1.29 is 46.9 Å². The fourth-order valence-corrected chi connectivity index (χ4v) is 3.90. The van der Waals surface area contributed by atoms with Gasteiger partial charge in [-0.1, -0.05) is 5.75 Å². The molecule has 1 aliphatic heterocycles. The number of pyridine rings is 1. The quantitative estimate of drug-likeness (QED) is 0.140. The zero-order valence-electron chi connectivity index (χ0n) is 23.1. The summed E-state index contributed by atoms with van der Waals surface area (Å²) in [5.41, 5.74) is 6.51. The summed E-state index contributed by atoms with van der Waals surface area (Å²) >= 11 is 0. The van der Waals surface area contributed by atoms with Crippen molar-refractivity contribution in [1.82, 2.24) is 14.5 Å². The van der Waals surface area contributed by atoms with Crippen LogP contribution < -0.4 is 9.64 Å². The number of aromatic nitrogens is 2. The first-order valence-electron chi connectivity index (χ1n) is 12.6. The van der Waals surface area contributed by atoms with E-state index >= 15 is 0 Å². The molecule has 1 aliphatic rings. The molecule has 0 unspecified atom stereocenters. The molecule has 0 N–H and O–H groups in total. The van der Waals surface area contributed by atoms with Crippen molar-refractivity contribution in [1.29, 1.82) is 0 Å². The van der Waals surface area contributed by atoms with E-state index in [0.29, 0.717) is 22.8 Å². The number of anilines is 1. The van der Waals surface area contributed by atoms with Crippen molar-refractivity contribution in [2.24, 2.45) is 0 Å². The summed E-state index contributed by atoms with van der Waals surface area (Å²) in [6.45, 7) is 6.00. The van der Waals surface area contributed by atoms with Crippen LogP contribution >= 0.6 is 0 Å². The first kappa shape index (κ1) is 32.7. The molecule has 0 spiro atoms. The second-order valence-corrected chi connectivity index (χ2v) is 9.08. The molecule has 0 fully saturated rings. The van der Waals surface area contributed by atoms with Gasteiger partial charge in [0.15, 0.2) is 0 Å². The zero-order chi connectivity index (χ0) is 27.9. The Morgan fingerprint density at radius 2 is 1.64 bits per heavy atom. The van der Waals surface area contributed by atoms with Crippen LogP contribution in [-0.2, 0) is 42.1 Å². The summed E-state index contributed by atoms with van der Waals surface area (Å²) in [7, 11) is 1.98. The van der Waals surface area contributed by atoms with Crippen molar-refractivity contribution in [3.8, 4) is 39.9 Å². The predicted molar refractivity (Wildman–Crippen MR) is 156 cm³/mol. The van der Waals surface area contributed by atoms with E-state index in [1.807, 2.05) is 117 Å². The van der Waals surface area contributed by atoms with Gasteiger partial charge < -0.3 is 42.1 Å². The maximum atomic E-state index is 6.77. The molecule has 0 bridgehead atoms. The molecule has 7 heteroatoms. The molecule has 3 heterocycles. The van der Waals surface area contributed by atoms with Crippen molar-refractivity contribution in [2.75, 3.05) is 11.9 Å². The van der Waals surface area contributed by atoms with Crippen molar-refractivity contribution in [2.45, 2.75) is 13.8 Å². The molecule has 0 saturated carbocycles. The molecule has 0 saturated heterocycles. The standard InChI is InChI=1S/C27H17N3O.C8H8N.2Pt/c1-29-15-16-30(20-29)24-10-6-12-26(19-24)31-25-11-5-9-23(17-25)27-18-22(13-14-28-27)21-7-3-2-4-8-21;1-4-9-5-7(2)8(3)6-9;;/h2-7,10-16,20H,1H3;5-6H,2-3H3;;/q-6;-1;;+4. The first-order chi connectivity index (χ1) is 19.5. The monoisotopic (exact) mass is 907 g/mol. The molecular weight excluding hydrogens is 883 g/mol. The number of hydrogen-bond acceptors (Lipinski definition) is 4. The van der Waals surface area contributed by atoms with E-state index in [9.17, 15) is 0 Å². The van der Waals surface area contributed by atoms with Crippen LogP contribution in [0.25, 0.3) is 22.4 Å². The van der Waals surface area contributed by atoms with Crippen LogP contribution in [0.4, 0.5) is 5.69 Å². The Bertz CT molecular complexity index is 1650. The summed E-state index contributed by atoms with van der Waals surface area (Å²) < 4.78 is 7.64. The van der Waals surface area contributed by atoms with Crippen LogP contribution in [-0.4, -0.2) is 21.5 Å². The SMILES string of the molecule is CN1C=CN(c2[c-]c(Oc3[c-]c(-c4[c-]c(-c5[c-]cccc5)ccn4)[c-]cc3)ccc2)[CH-]1.[C-]#Cn1cc(C)c(C)c1.[Pt+4].[Pt]. The van der Waals surface area contributed by atoms with Gasteiger partial charge in [0.25, 0.3) is 0 Å². The fraction of sp³-hybridized carbons (Fsp3) is 0.0857. The molecule has 0 amide bonds. The minimum atomic E-state index is 0. The van der Waals surface area contributed by atoms with Gasteiger partial charge in [0.1, 0.15) is 0 Å². The van der Waals surface area contributed by atoms with Crippen molar-refractivity contribution in [3.05, 3.63) is 146 Å². The summed E-state index contributed by atoms with van der Waals surface area (Å²) in [5, 5.41) is 0. The average molecular weight is 908 g/mol. The van der Waals surface area contributed by atoms with Crippen LogP contribution in [0.3, 0.4) is 0 Å². The van der Waals surface area contributed by atoms with Gasteiger partial charge in [0, 0.05) is 39.2 Å². The van der Waals surface area contributed by atoms with Gasteiger partial charge in [0.2, 0.25) is 0 Å². The molecule has 5 nitrogen and oxygen atoms in total. The van der Waals surface area contributed by atoms with Crippen molar-refractivity contribution in [3.63, 3.8) is 0 Å². The Morgan fingerprint density at radius 3 is 2.31 bits per heavy atom. The molecule has 214 valence electrons. The van der Waals surface area contributed by atoms with E-state index in [1.165, 1.54) is 11.1 Å². The van der Waals surface area contributed by atoms with Gasteiger partial charge >= 0.3 is 21.1 Å². The van der Waals surface area contributed by atoms with E-state index in [0.717, 1.165) is 16.8 Å². The maximum absolute atomic E-state index is 6.77. The molecule has 0 aliphatic carbocycles. The zero-order valence-corrected chi connectivity index (χ0v) is 27.6. The Balaban J connectivity index is 0.000000380. The predicted octanol–water partition coefficient (Wildman–Crippen LogP) is 7.05. The molecule has 2 aromatic heterocycles. The molecule has 0 radical (unpaired) electrons. The van der Waals surface area contributed by atoms with E-state index in [-0.39, 0.29) is 42.1 Å². The molecule has 3 aromatic carbocycles. The van der Waals surface area contributed by atoms with Gasteiger partial charge in [0.05, 0.1) is 0 Å². The third-order valence-corrected chi connectivity index (χ3v) is 6.08. The molecule has 5 aromatic rings. The number of aryl methyl sites for hydroxylation is 2. The van der Waals surface area contributed by atoms with Crippen LogP contribution in [0, 0.1) is 63.3 Å². The second-order valence-electron chi connectivity index (χ2n) is 9.08. The molecular formula is C35H25N4OPt2-3. The smallest absolute Gasteiger partial charge is 0.669 e. The minimum Gasteiger partial charge on any atom is -0.669 e. The number of ether oxygens (including phenoxy) is 1. The van der Waals surface area contributed by atoms with Gasteiger partial charge in [-0.2, -0.15) is 54.8 Å². The fourth-order valence-electron chi connectivity index (χ4n) is 3.90. The van der Waals surface area contributed by atoms with Gasteiger partial charge in [-0.05, 0) is 50.6 Å². The van der Waals surface area contributed by atoms with Gasteiger partial charge in [-0.3, -0.25) is 12.1 Å². The number of hydrogen-bond donors (Lipinski definition) is 0.